The summed E-state index contributed by atoms with van der Waals surface area (Å²) in [5.74, 6) is -2.08. The van der Waals surface area contributed by atoms with Crippen molar-refractivity contribution in [1.82, 2.24) is 9.13 Å². The van der Waals surface area contributed by atoms with Gasteiger partial charge in [-0.15, -0.1) is 0 Å². The predicted molar refractivity (Wildman–Crippen MR) is 97.2 cm³/mol. The van der Waals surface area contributed by atoms with Crippen LogP contribution in [0.15, 0.2) is 46.1 Å². The summed E-state index contributed by atoms with van der Waals surface area (Å²) in [7, 11) is 1.37. The summed E-state index contributed by atoms with van der Waals surface area (Å²) in [6.45, 7) is 2.10. The van der Waals surface area contributed by atoms with Crippen LogP contribution in [0.2, 0.25) is 0 Å². The lowest BCUT2D eigenvalue weighted by Gasteiger charge is -2.19. The molecule has 0 radical (unpaired) electrons. The van der Waals surface area contributed by atoms with Gasteiger partial charge in [-0.3, -0.25) is 14.2 Å². The highest BCUT2D eigenvalue weighted by Crippen LogP contribution is 2.17. The topological polar surface area (TPSA) is 102 Å². The van der Waals surface area contributed by atoms with Crippen LogP contribution in [-0.4, -0.2) is 31.4 Å². The monoisotopic (exact) mass is 360 g/mol. The molecule has 2 unspecified atom stereocenters. The molecule has 1 aromatic heterocycles. The minimum Gasteiger partial charge on any atom is -0.481 e. The van der Waals surface area contributed by atoms with E-state index in [1.807, 2.05) is 31.2 Å². The van der Waals surface area contributed by atoms with Gasteiger partial charge in [-0.25, -0.2) is 4.79 Å². The number of nitrogens with zero attached hydrogens (tertiary/aromatic N) is 2. The lowest BCUT2D eigenvalue weighted by molar-refractivity contribution is -0.146. The fraction of sp³-hybridized carbons (Fsp3) is 0.421. The maximum absolute atomic E-state index is 12.0. The first kappa shape index (κ1) is 19.7. The number of benzene rings is 1. The molecular formula is C19H24N2O5. The molecule has 0 spiro atoms. The Labute approximate surface area is 151 Å². The lowest BCUT2D eigenvalue weighted by Crippen LogP contribution is -2.38. The van der Waals surface area contributed by atoms with Crippen molar-refractivity contribution >= 4 is 5.97 Å². The zero-order chi connectivity index (χ0) is 19.3. The third-order valence-corrected chi connectivity index (χ3v) is 4.57. The van der Waals surface area contributed by atoms with Gasteiger partial charge in [-0.05, 0) is 31.7 Å². The van der Waals surface area contributed by atoms with Crippen LogP contribution in [0, 0.1) is 12.8 Å². The van der Waals surface area contributed by atoms with E-state index in [2.05, 4.69) is 0 Å². The van der Waals surface area contributed by atoms with Gasteiger partial charge in [-0.1, -0.05) is 29.8 Å². The van der Waals surface area contributed by atoms with Crippen molar-refractivity contribution in [3.63, 3.8) is 0 Å². The van der Waals surface area contributed by atoms with E-state index in [4.69, 9.17) is 0 Å². The molecule has 7 heteroatoms. The summed E-state index contributed by atoms with van der Waals surface area (Å²) in [5.41, 5.74) is 1.25. The van der Waals surface area contributed by atoms with Gasteiger partial charge < -0.3 is 14.8 Å². The molecule has 2 N–H and O–H groups in total. The van der Waals surface area contributed by atoms with Gasteiger partial charge in [0.15, 0.2) is 0 Å². The summed E-state index contributed by atoms with van der Waals surface area (Å²) in [4.78, 5) is 34.9. The highest BCUT2D eigenvalue weighted by Gasteiger charge is 2.26. The minimum atomic E-state index is -1.10. The summed E-state index contributed by atoms with van der Waals surface area (Å²) in [6.07, 6.45) is 1.33. The zero-order valence-corrected chi connectivity index (χ0v) is 15.0. The Bertz CT molecular complexity index is 867. The normalized spacial score (nSPS) is 13.3. The lowest BCUT2D eigenvalue weighted by atomic mass is 9.93. The van der Waals surface area contributed by atoms with Crippen LogP contribution in [0.4, 0.5) is 0 Å². The summed E-state index contributed by atoms with van der Waals surface area (Å²) in [5, 5.41) is 19.7. The molecule has 0 saturated heterocycles. The number of hydrogen-bond acceptors (Lipinski definition) is 4. The number of aromatic nitrogens is 2. The first-order chi connectivity index (χ1) is 12.3. The zero-order valence-electron chi connectivity index (χ0n) is 15.0. The summed E-state index contributed by atoms with van der Waals surface area (Å²) in [6, 6.07) is 9.12. The number of aliphatic hydroxyl groups is 1. The Balaban J connectivity index is 2.00. The van der Waals surface area contributed by atoms with Crippen LogP contribution < -0.4 is 11.2 Å². The fourth-order valence-corrected chi connectivity index (χ4v) is 2.82. The average Bonchev–Trinajstić information content (AvgIpc) is 2.61. The van der Waals surface area contributed by atoms with Crippen molar-refractivity contribution in [3.05, 3.63) is 68.5 Å². The SMILES string of the molecule is Cc1ccc(CCC(O)C(CCn2ccc(=O)n(C)c2=O)C(=O)O)cc1. The molecule has 26 heavy (non-hydrogen) atoms. The van der Waals surface area contributed by atoms with Gasteiger partial charge in [0.2, 0.25) is 0 Å². The van der Waals surface area contributed by atoms with Gasteiger partial charge >= 0.3 is 11.7 Å². The highest BCUT2D eigenvalue weighted by atomic mass is 16.4. The average molecular weight is 360 g/mol. The van der Waals surface area contributed by atoms with Crippen LogP contribution in [0.3, 0.4) is 0 Å². The summed E-state index contributed by atoms with van der Waals surface area (Å²) >= 11 is 0. The van der Waals surface area contributed by atoms with E-state index >= 15 is 0 Å². The molecule has 1 heterocycles. The first-order valence-corrected chi connectivity index (χ1v) is 8.52. The molecule has 1 aromatic carbocycles. The largest absolute Gasteiger partial charge is 0.481 e. The number of hydrogen-bond donors (Lipinski definition) is 2. The Morgan fingerprint density at radius 3 is 2.38 bits per heavy atom. The van der Waals surface area contributed by atoms with Crippen LogP contribution in [0.5, 0.6) is 0 Å². The Kier molecular flexibility index (Phi) is 6.52. The molecule has 140 valence electrons. The Morgan fingerprint density at radius 2 is 1.77 bits per heavy atom. The van der Waals surface area contributed by atoms with Gasteiger partial charge in [0, 0.05) is 25.9 Å². The molecule has 2 aromatic rings. The third-order valence-electron chi connectivity index (χ3n) is 4.57. The second-order valence-electron chi connectivity index (χ2n) is 6.51. The van der Waals surface area contributed by atoms with Crippen molar-refractivity contribution < 1.29 is 15.0 Å². The molecule has 2 rings (SSSR count). The maximum atomic E-state index is 12.0. The van der Waals surface area contributed by atoms with E-state index in [-0.39, 0.29) is 13.0 Å². The van der Waals surface area contributed by atoms with E-state index in [9.17, 15) is 24.6 Å². The number of aryl methyl sites for hydroxylation is 3. The maximum Gasteiger partial charge on any atom is 0.330 e. The van der Waals surface area contributed by atoms with Crippen LogP contribution in [-0.2, 0) is 24.8 Å². The number of rotatable bonds is 8. The van der Waals surface area contributed by atoms with Gasteiger partial charge in [-0.2, -0.15) is 0 Å². The fourth-order valence-electron chi connectivity index (χ4n) is 2.82. The van der Waals surface area contributed by atoms with Gasteiger partial charge in [0.25, 0.3) is 5.56 Å². The standard InChI is InChI=1S/C19H24N2O5/c1-13-3-5-14(6-4-13)7-8-16(22)15(18(24)25)9-11-21-12-10-17(23)20(2)19(21)26/h3-6,10,12,15-16,22H,7-9,11H2,1-2H3,(H,24,25). The molecule has 0 fully saturated rings. The molecule has 0 amide bonds. The quantitative estimate of drug-likeness (QED) is 0.729. The van der Waals surface area contributed by atoms with Crippen LogP contribution >= 0.6 is 0 Å². The van der Waals surface area contributed by atoms with E-state index in [1.54, 1.807) is 0 Å². The van der Waals surface area contributed by atoms with Crippen LogP contribution in [0.25, 0.3) is 0 Å². The minimum absolute atomic E-state index is 0.0997. The van der Waals surface area contributed by atoms with Crippen molar-refractivity contribution in [3.8, 4) is 0 Å². The van der Waals surface area contributed by atoms with E-state index in [0.29, 0.717) is 12.8 Å². The molecule has 7 nitrogen and oxygen atoms in total. The third kappa shape index (κ3) is 4.92. The smallest absolute Gasteiger partial charge is 0.330 e. The molecule has 0 saturated carbocycles. The second kappa shape index (κ2) is 8.62. The molecule has 0 aliphatic rings. The number of carboxylic acids is 1. The van der Waals surface area contributed by atoms with E-state index in [1.165, 1.54) is 23.9 Å². The van der Waals surface area contributed by atoms with Gasteiger partial charge in [0.05, 0.1) is 12.0 Å². The van der Waals surface area contributed by atoms with Crippen LogP contribution in [0.1, 0.15) is 24.0 Å². The first-order valence-electron chi connectivity index (χ1n) is 8.52. The highest BCUT2D eigenvalue weighted by molar-refractivity contribution is 5.70. The number of carbonyl (C=O) groups is 1. The molecule has 0 aliphatic heterocycles. The second-order valence-corrected chi connectivity index (χ2v) is 6.51. The van der Waals surface area contributed by atoms with E-state index < -0.39 is 29.2 Å². The molecule has 0 aliphatic carbocycles. The van der Waals surface area contributed by atoms with E-state index in [0.717, 1.165) is 15.7 Å². The number of aliphatic carboxylic acids is 1. The number of carboxylic acid groups (broad SMARTS) is 1. The van der Waals surface area contributed by atoms with Gasteiger partial charge in [0.1, 0.15) is 0 Å². The van der Waals surface area contributed by atoms with Crippen molar-refractivity contribution in [2.24, 2.45) is 13.0 Å². The molecule has 0 bridgehead atoms. The van der Waals surface area contributed by atoms with Crippen molar-refractivity contribution in [1.29, 1.82) is 0 Å². The molecule has 2 atom stereocenters. The van der Waals surface area contributed by atoms with Crippen molar-refractivity contribution in [2.45, 2.75) is 38.8 Å². The van der Waals surface area contributed by atoms with Crippen molar-refractivity contribution in [2.75, 3.05) is 0 Å². The number of aliphatic hydroxyl groups excluding tert-OH is 1. The Hall–Kier alpha value is -2.67. The molecular weight excluding hydrogens is 336 g/mol. The predicted octanol–water partition coefficient (Wildman–Crippen LogP) is 0.940. The Morgan fingerprint density at radius 1 is 1.12 bits per heavy atom. The summed E-state index contributed by atoms with van der Waals surface area (Å²) < 4.78 is 2.24.